The molecular formula is C11H12F3NO3. The first-order valence-corrected chi connectivity index (χ1v) is 5.10. The van der Waals surface area contributed by atoms with Crippen LogP contribution < -0.4 is 10.1 Å². The predicted molar refractivity (Wildman–Crippen MR) is 58.4 cm³/mol. The predicted octanol–water partition coefficient (Wildman–Crippen LogP) is 3.54. The lowest BCUT2D eigenvalue weighted by Crippen LogP contribution is -2.21. The van der Waals surface area contributed by atoms with Crippen LogP contribution in [-0.2, 0) is 4.74 Å². The van der Waals surface area contributed by atoms with Gasteiger partial charge in [-0.05, 0) is 26.0 Å². The molecule has 0 heterocycles. The van der Waals surface area contributed by atoms with Gasteiger partial charge in [0.05, 0.1) is 11.8 Å². The average Bonchev–Trinajstić information content (AvgIpc) is 2.17. The van der Waals surface area contributed by atoms with Gasteiger partial charge in [-0.25, -0.2) is 4.79 Å². The number of para-hydroxylation sites is 2. The zero-order valence-electron chi connectivity index (χ0n) is 9.75. The fourth-order valence-electron chi connectivity index (χ4n) is 1.14. The number of alkyl halides is 3. The van der Waals surface area contributed by atoms with Gasteiger partial charge < -0.3 is 9.47 Å². The van der Waals surface area contributed by atoms with Crippen LogP contribution in [0.25, 0.3) is 0 Å². The lowest BCUT2D eigenvalue weighted by atomic mass is 10.3. The molecule has 4 nitrogen and oxygen atoms in total. The molecule has 100 valence electrons. The molecule has 0 radical (unpaired) electrons. The van der Waals surface area contributed by atoms with Crippen LogP contribution in [0.4, 0.5) is 23.7 Å². The first kappa shape index (κ1) is 14.1. The van der Waals surface area contributed by atoms with Crippen LogP contribution in [0.3, 0.4) is 0 Å². The Morgan fingerprint density at radius 2 is 1.89 bits per heavy atom. The smallest absolute Gasteiger partial charge is 0.447 e. The second kappa shape index (κ2) is 5.61. The van der Waals surface area contributed by atoms with Gasteiger partial charge >= 0.3 is 12.5 Å². The second-order valence-corrected chi connectivity index (χ2v) is 3.62. The summed E-state index contributed by atoms with van der Waals surface area (Å²) in [7, 11) is 0. The van der Waals surface area contributed by atoms with E-state index in [-0.39, 0.29) is 11.8 Å². The van der Waals surface area contributed by atoms with E-state index in [1.54, 1.807) is 13.8 Å². The maximum Gasteiger partial charge on any atom is 0.573 e. The molecule has 0 aliphatic heterocycles. The Hall–Kier alpha value is -1.92. The first-order chi connectivity index (χ1) is 8.28. The quantitative estimate of drug-likeness (QED) is 0.907. The number of carbonyl (C=O) groups excluding carboxylic acids is 1. The van der Waals surface area contributed by atoms with Crippen LogP contribution in [-0.4, -0.2) is 18.6 Å². The van der Waals surface area contributed by atoms with Gasteiger partial charge in [0, 0.05) is 0 Å². The number of hydrogen-bond donors (Lipinski definition) is 1. The third-order valence-corrected chi connectivity index (χ3v) is 1.69. The normalized spacial score (nSPS) is 11.2. The van der Waals surface area contributed by atoms with E-state index in [0.717, 1.165) is 6.07 Å². The number of nitrogens with one attached hydrogen (secondary N) is 1. The number of amides is 1. The van der Waals surface area contributed by atoms with Gasteiger partial charge in [-0.15, -0.1) is 13.2 Å². The Balaban J connectivity index is 2.79. The van der Waals surface area contributed by atoms with Gasteiger partial charge in [0.15, 0.2) is 5.75 Å². The molecule has 0 saturated carbocycles. The number of halogens is 3. The Kier molecular flexibility index (Phi) is 4.41. The molecule has 0 aromatic heterocycles. The molecule has 0 aliphatic rings. The van der Waals surface area contributed by atoms with Crippen molar-refractivity contribution in [2.75, 3.05) is 5.32 Å². The minimum atomic E-state index is -4.82. The van der Waals surface area contributed by atoms with Crippen molar-refractivity contribution >= 4 is 11.8 Å². The summed E-state index contributed by atoms with van der Waals surface area (Å²) < 4.78 is 44.8. The Morgan fingerprint density at radius 3 is 2.44 bits per heavy atom. The van der Waals surface area contributed by atoms with Crippen LogP contribution in [0.2, 0.25) is 0 Å². The zero-order chi connectivity index (χ0) is 13.8. The van der Waals surface area contributed by atoms with Gasteiger partial charge in [-0.2, -0.15) is 0 Å². The summed E-state index contributed by atoms with van der Waals surface area (Å²) in [5, 5.41) is 2.18. The van der Waals surface area contributed by atoms with Gasteiger partial charge in [0.1, 0.15) is 0 Å². The van der Waals surface area contributed by atoms with E-state index in [1.165, 1.54) is 18.2 Å². The average molecular weight is 263 g/mol. The molecule has 7 heteroatoms. The molecule has 1 aromatic rings. The molecule has 18 heavy (non-hydrogen) atoms. The van der Waals surface area contributed by atoms with Crippen LogP contribution >= 0.6 is 0 Å². The third kappa shape index (κ3) is 4.94. The minimum Gasteiger partial charge on any atom is -0.447 e. The molecule has 0 spiro atoms. The van der Waals surface area contributed by atoms with Crippen molar-refractivity contribution in [3.05, 3.63) is 24.3 Å². The minimum absolute atomic E-state index is 0.111. The van der Waals surface area contributed by atoms with E-state index in [1.807, 2.05) is 0 Å². The van der Waals surface area contributed by atoms with E-state index >= 15 is 0 Å². The summed E-state index contributed by atoms with van der Waals surface area (Å²) in [5.74, 6) is -0.495. The van der Waals surface area contributed by atoms with Gasteiger partial charge in [0.25, 0.3) is 0 Å². The number of hydrogen-bond acceptors (Lipinski definition) is 3. The summed E-state index contributed by atoms with van der Waals surface area (Å²) >= 11 is 0. The summed E-state index contributed by atoms with van der Waals surface area (Å²) in [6.07, 6.45) is -6.04. The Bertz CT molecular complexity index is 418. The van der Waals surface area contributed by atoms with Crippen molar-refractivity contribution in [2.45, 2.75) is 26.3 Å². The van der Waals surface area contributed by atoms with Crippen molar-refractivity contribution < 1.29 is 27.4 Å². The number of ether oxygens (including phenoxy) is 2. The molecule has 1 rings (SSSR count). The van der Waals surface area contributed by atoms with E-state index in [2.05, 4.69) is 10.1 Å². The second-order valence-electron chi connectivity index (χ2n) is 3.62. The molecular weight excluding hydrogens is 251 g/mol. The molecule has 0 unspecified atom stereocenters. The molecule has 0 bridgehead atoms. The zero-order valence-corrected chi connectivity index (χ0v) is 9.75. The maximum absolute atomic E-state index is 12.1. The van der Waals surface area contributed by atoms with Crippen LogP contribution in [0, 0.1) is 0 Å². The van der Waals surface area contributed by atoms with E-state index in [0.29, 0.717) is 0 Å². The summed E-state index contributed by atoms with van der Waals surface area (Å²) in [5.41, 5.74) is -0.111. The Morgan fingerprint density at radius 1 is 1.28 bits per heavy atom. The number of anilines is 1. The molecule has 1 amide bonds. The van der Waals surface area contributed by atoms with E-state index < -0.39 is 18.2 Å². The highest BCUT2D eigenvalue weighted by Gasteiger charge is 2.32. The number of rotatable bonds is 3. The largest absolute Gasteiger partial charge is 0.573 e. The number of carbonyl (C=O) groups is 1. The Labute approximate surface area is 102 Å². The monoisotopic (exact) mass is 263 g/mol. The summed E-state index contributed by atoms with van der Waals surface area (Å²) in [4.78, 5) is 11.3. The van der Waals surface area contributed by atoms with Crippen molar-refractivity contribution in [1.82, 2.24) is 0 Å². The first-order valence-electron chi connectivity index (χ1n) is 5.10. The molecule has 0 saturated heterocycles. The highest BCUT2D eigenvalue weighted by Crippen LogP contribution is 2.29. The molecule has 0 aliphatic carbocycles. The van der Waals surface area contributed by atoms with Crippen molar-refractivity contribution in [2.24, 2.45) is 0 Å². The van der Waals surface area contributed by atoms with Crippen LogP contribution in [0.15, 0.2) is 24.3 Å². The van der Waals surface area contributed by atoms with Crippen LogP contribution in [0.5, 0.6) is 5.75 Å². The fraction of sp³-hybridized carbons (Fsp3) is 0.364. The lowest BCUT2D eigenvalue weighted by molar-refractivity contribution is -0.274. The maximum atomic E-state index is 12.1. The molecule has 1 N–H and O–H groups in total. The summed E-state index contributed by atoms with van der Waals surface area (Å²) in [6, 6.07) is 5.20. The highest BCUT2D eigenvalue weighted by molar-refractivity contribution is 5.86. The fourth-order valence-corrected chi connectivity index (χ4v) is 1.14. The van der Waals surface area contributed by atoms with E-state index in [4.69, 9.17) is 4.74 Å². The molecule has 0 atom stereocenters. The topological polar surface area (TPSA) is 47.6 Å². The SMILES string of the molecule is CC(C)OC(=O)Nc1ccccc1OC(F)(F)F. The van der Waals surface area contributed by atoms with Crippen molar-refractivity contribution in [1.29, 1.82) is 0 Å². The standard InChI is InChI=1S/C11H12F3NO3/c1-7(2)17-10(16)15-8-5-3-4-6-9(8)18-11(12,13)14/h3-7H,1-2H3,(H,15,16). The highest BCUT2D eigenvalue weighted by atomic mass is 19.4. The van der Waals surface area contributed by atoms with Gasteiger partial charge in [-0.1, -0.05) is 12.1 Å². The van der Waals surface area contributed by atoms with Gasteiger partial charge in [-0.3, -0.25) is 5.32 Å². The third-order valence-electron chi connectivity index (χ3n) is 1.69. The number of benzene rings is 1. The van der Waals surface area contributed by atoms with Crippen LogP contribution in [0.1, 0.15) is 13.8 Å². The molecule has 0 fully saturated rings. The van der Waals surface area contributed by atoms with Gasteiger partial charge in [0.2, 0.25) is 0 Å². The summed E-state index contributed by atoms with van der Waals surface area (Å²) in [6.45, 7) is 3.25. The van der Waals surface area contributed by atoms with E-state index in [9.17, 15) is 18.0 Å². The van der Waals surface area contributed by atoms with Crippen molar-refractivity contribution in [3.63, 3.8) is 0 Å². The van der Waals surface area contributed by atoms with Crippen molar-refractivity contribution in [3.8, 4) is 5.75 Å². The molecule has 1 aromatic carbocycles. The lowest BCUT2D eigenvalue weighted by Gasteiger charge is -2.14.